The molecule has 300 valence electrons. The van der Waals surface area contributed by atoms with Crippen molar-refractivity contribution in [2.24, 2.45) is 0 Å². The van der Waals surface area contributed by atoms with Crippen LogP contribution < -0.4 is 4.90 Å². The van der Waals surface area contributed by atoms with Crippen molar-refractivity contribution in [3.63, 3.8) is 0 Å². The van der Waals surface area contributed by atoms with Gasteiger partial charge >= 0.3 is 0 Å². The second-order valence-corrected chi connectivity index (χ2v) is 17.6. The molecule has 0 radical (unpaired) electrons. The number of nitrogens with zero attached hydrogens (tertiary/aromatic N) is 1. The van der Waals surface area contributed by atoms with E-state index >= 15 is 0 Å². The van der Waals surface area contributed by atoms with Crippen LogP contribution in [0.25, 0.3) is 119 Å². The average Bonchev–Trinajstić information content (AvgIpc) is 3.37. The van der Waals surface area contributed by atoms with Gasteiger partial charge in [-0.1, -0.05) is 194 Å². The second kappa shape index (κ2) is 14.0. The van der Waals surface area contributed by atoms with Gasteiger partial charge in [0.25, 0.3) is 0 Å². The van der Waals surface area contributed by atoms with E-state index in [9.17, 15) is 0 Å². The van der Waals surface area contributed by atoms with E-state index in [0.717, 1.165) is 17.1 Å². The molecule has 0 aliphatic carbocycles. The van der Waals surface area contributed by atoms with Crippen molar-refractivity contribution in [3.05, 3.63) is 237 Å². The molecule has 14 aromatic rings. The first-order chi connectivity index (χ1) is 32.2. The van der Waals surface area contributed by atoms with Crippen LogP contribution in [0.1, 0.15) is 0 Å². The minimum atomic E-state index is 1.10. The Morgan fingerprint density at radius 1 is 0.200 bits per heavy atom. The fourth-order valence-electron chi connectivity index (χ4n) is 11.2. The van der Waals surface area contributed by atoms with Crippen LogP contribution in [0.3, 0.4) is 0 Å². The van der Waals surface area contributed by atoms with Crippen molar-refractivity contribution in [3.8, 4) is 22.3 Å². The monoisotopic (exact) mass is 821 g/mol. The Labute approximate surface area is 376 Å². The van der Waals surface area contributed by atoms with Crippen molar-refractivity contribution in [2.45, 2.75) is 0 Å². The fraction of sp³-hybridized carbons (Fsp3) is 0. The van der Waals surface area contributed by atoms with E-state index in [-0.39, 0.29) is 0 Å². The van der Waals surface area contributed by atoms with Gasteiger partial charge in [0.2, 0.25) is 0 Å². The molecule has 0 saturated heterocycles. The lowest BCUT2D eigenvalue weighted by molar-refractivity contribution is 1.29. The predicted octanol–water partition coefficient (Wildman–Crippen LogP) is 18.3. The van der Waals surface area contributed by atoms with Crippen LogP contribution in [0.5, 0.6) is 0 Å². The Morgan fingerprint density at radius 3 is 1.26 bits per heavy atom. The molecule has 0 atom stereocenters. The second-order valence-electron chi connectivity index (χ2n) is 17.6. The molecule has 14 aromatic carbocycles. The van der Waals surface area contributed by atoms with E-state index < -0.39 is 0 Å². The Bertz CT molecular complexity index is 4210. The highest BCUT2D eigenvalue weighted by atomic mass is 15.1. The molecule has 0 fully saturated rings. The van der Waals surface area contributed by atoms with Gasteiger partial charge in [0.05, 0.1) is 0 Å². The zero-order valence-electron chi connectivity index (χ0n) is 35.5. The molecule has 0 N–H and O–H groups in total. The van der Waals surface area contributed by atoms with Gasteiger partial charge in [-0.05, 0) is 162 Å². The predicted molar refractivity (Wildman–Crippen MR) is 281 cm³/mol. The van der Waals surface area contributed by atoms with E-state index in [1.165, 1.54) is 119 Å². The van der Waals surface area contributed by atoms with Gasteiger partial charge in [0.15, 0.2) is 0 Å². The SMILES string of the molecule is c1ccc2c(-c3ccc(N(c4ccc(-c5cc6ccccc6c6ccccc56)cc4)c4cc5ccc6cccc7c8cccc9ccc%10cccc(c(c4)c5c67)c%10c98)cc3)cccc2c1. The number of rotatable bonds is 5. The highest BCUT2D eigenvalue weighted by Crippen LogP contribution is 2.47. The van der Waals surface area contributed by atoms with E-state index in [4.69, 9.17) is 0 Å². The molecule has 0 spiro atoms. The summed E-state index contributed by atoms with van der Waals surface area (Å²) in [6, 6.07) is 88.1. The standard InChI is InChI=1S/C64H39N/c1-3-17-51-40(11-1)13-7-21-52(51)41-29-33-48(34-30-41)65(49-35-31-42(32-36-49)59-38-46-12-2-4-18-53(46)54-19-5-6-20-55(54)59)50-37-47-28-27-45-15-9-23-57-56-22-8-14-43-25-26-44-16-10-24-58(63(44)61(43)56)60(39-50)64(47)62(45)57/h1-39H. The van der Waals surface area contributed by atoms with Crippen LogP contribution >= 0.6 is 0 Å². The summed E-state index contributed by atoms with van der Waals surface area (Å²) in [6.07, 6.45) is 0. The highest BCUT2D eigenvalue weighted by molar-refractivity contribution is 6.37. The quantitative estimate of drug-likeness (QED) is 0.156. The van der Waals surface area contributed by atoms with Crippen LogP contribution in [0, 0.1) is 0 Å². The summed E-state index contributed by atoms with van der Waals surface area (Å²) in [4.78, 5) is 2.45. The first kappa shape index (κ1) is 36.0. The summed E-state index contributed by atoms with van der Waals surface area (Å²) in [5.74, 6) is 0. The average molecular weight is 822 g/mol. The van der Waals surface area contributed by atoms with E-state index in [1.807, 2.05) is 0 Å². The maximum atomic E-state index is 2.46. The van der Waals surface area contributed by atoms with Crippen molar-refractivity contribution in [1.29, 1.82) is 0 Å². The van der Waals surface area contributed by atoms with Crippen LogP contribution in [0.2, 0.25) is 0 Å². The lowest BCUT2D eigenvalue weighted by Gasteiger charge is -2.27. The van der Waals surface area contributed by atoms with Gasteiger partial charge in [-0.15, -0.1) is 0 Å². The normalized spacial score (nSPS) is 12.0. The summed E-state index contributed by atoms with van der Waals surface area (Å²) in [6.45, 7) is 0. The zero-order valence-corrected chi connectivity index (χ0v) is 35.5. The van der Waals surface area contributed by atoms with Crippen molar-refractivity contribution < 1.29 is 0 Å². The summed E-state index contributed by atoms with van der Waals surface area (Å²) in [5, 5.41) is 22.9. The molecule has 1 heteroatoms. The molecule has 0 aromatic heterocycles. The van der Waals surface area contributed by atoms with Gasteiger partial charge in [-0.3, -0.25) is 0 Å². The Morgan fingerprint density at radius 2 is 0.631 bits per heavy atom. The minimum Gasteiger partial charge on any atom is -0.310 e. The molecule has 0 amide bonds. The summed E-state index contributed by atoms with van der Waals surface area (Å²) >= 11 is 0. The smallest absolute Gasteiger partial charge is 0.0474 e. The molecule has 65 heavy (non-hydrogen) atoms. The molecule has 0 bridgehead atoms. The van der Waals surface area contributed by atoms with E-state index in [1.54, 1.807) is 0 Å². The first-order valence-electron chi connectivity index (χ1n) is 22.6. The van der Waals surface area contributed by atoms with Gasteiger partial charge in [0, 0.05) is 17.1 Å². The van der Waals surface area contributed by atoms with Gasteiger partial charge in [-0.25, -0.2) is 0 Å². The maximum Gasteiger partial charge on any atom is 0.0474 e. The molecular weight excluding hydrogens is 783 g/mol. The topological polar surface area (TPSA) is 3.24 Å². The number of fused-ring (bicyclic) bond motifs is 6. The van der Waals surface area contributed by atoms with Crippen molar-refractivity contribution in [2.75, 3.05) is 4.90 Å². The molecule has 0 heterocycles. The van der Waals surface area contributed by atoms with Crippen LogP contribution in [0.15, 0.2) is 237 Å². The van der Waals surface area contributed by atoms with Crippen LogP contribution in [-0.4, -0.2) is 0 Å². The largest absolute Gasteiger partial charge is 0.310 e. The third-order valence-electron chi connectivity index (χ3n) is 14.1. The summed E-state index contributed by atoms with van der Waals surface area (Å²) < 4.78 is 0. The number of anilines is 3. The lowest BCUT2D eigenvalue weighted by atomic mass is 9.87. The van der Waals surface area contributed by atoms with Gasteiger partial charge in [0.1, 0.15) is 0 Å². The number of hydrogen-bond donors (Lipinski definition) is 0. The molecule has 0 aliphatic rings. The third-order valence-corrected chi connectivity index (χ3v) is 14.1. The summed E-state index contributed by atoms with van der Waals surface area (Å²) in [7, 11) is 0. The van der Waals surface area contributed by atoms with Gasteiger partial charge in [-0.2, -0.15) is 0 Å². The van der Waals surface area contributed by atoms with E-state index in [0.29, 0.717) is 0 Å². The van der Waals surface area contributed by atoms with Crippen LogP contribution in [0.4, 0.5) is 17.1 Å². The molecule has 14 rings (SSSR count). The maximum absolute atomic E-state index is 2.46. The minimum absolute atomic E-state index is 1.10. The molecule has 0 unspecified atom stereocenters. The molecule has 0 saturated carbocycles. The van der Waals surface area contributed by atoms with Crippen molar-refractivity contribution >= 4 is 114 Å². The van der Waals surface area contributed by atoms with Gasteiger partial charge < -0.3 is 4.90 Å². The third kappa shape index (κ3) is 5.46. The fourth-order valence-corrected chi connectivity index (χ4v) is 11.2. The Kier molecular flexibility index (Phi) is 7.75. The lowest BCUT2D eigenvalue weighted by Crippen LogP contribution is -2.10. The number of benzene rings is 13. The van der Waals surface area contributed by atoms with Crippen LogP contribution in [-0.2, 0) is 0 Å². The molecule has 1 nitrogen and oxygen atoms in total. The highest BCUT2D eigenvalue weighted by Gasteiger charge is 2.20. The summed E-state index contributed by atoms with van der Waals surface area (Å²) in [5.41, 5.74) is 8.18. The zero-order chi connectivity index (χ0) is 42.6. The Balaban J connectivity index is 1.03. The van der Waals surface area contributed by atoms with E-state index in [2.05, 4.69) is 241 Å². The number of hydrogen-bond acceptors (Lipinski definition) is 1. The van der Waals surface area contributed by atoms with Crippen molar-refractivity contribution in [1.82, 2.24) is 0 Å². The molecular formula is C64H39N. The Hall–Kier alpha value is -8.52. The molecule has 0 aliphatic heterocycles. The first-order valence-corrected chi connectivity index (χ1v) is 22.6.